The highest BCUT2D eigenvalue weighted by molar-refractivity contribution is 5.50. The molecule has 2 aromatic carbocycles. The van der Waals surface area contributed by atoms with Crippen molar-refractivity contribution in [2.45, 2.75) is 19.4 Å². The van der Waals surface area contributed by atoms with Gasteiger partial charge in [0.2, 0.25) is 0 Å². The molecular formula is C16H17F2NO. The minimum Gasteiger partial charge on any atom is -0.394 e. The smallest absolute Gasteiger partial charge is 0.128 e. The molecule has 106 valence electrons. The van der Waals surface area contributed by atoms with Gasteiger partial charge in [-0.25, -0.2) is 8.78 Å². The molecule has 20 heavy (non-hydrogen) atoms. The maximum absolute atomic E-state index is 13.9. The largest absolute Gasteiger partial charge is 0.394 e. The second-order valence-corrected chi connectivity index (χ2v) is 5.11. The molecular weight excluding hydrogens is 260 g/mol. The van der Waals surface area contributed by atoms with Crippen molar-refractivity contribution < 1.29 is 13.9 Å². The molecule has 0 fully saturated rings. The highest BCUT2D eigenvalue weighted by Crippen LogP contribution is 2.28. The topological polar surface area (TPSA) is 32.3 Å². The first-order chi connectivity index (χ1) is 9.44. The van der Waals surface area contributed by atoms with E-state index in [0.29, 0.717) is 11.3 Å². The average Bonchev–Trinajstić information content (AvgIpc) is 2.37. The zero-order valence-corrected chi connectivity index (χ0v) is 11.5. The summed E-state index contributed by atoms with van der Waals surface area (Å²) in [7, 11) is 0. The molecule has 2 aromatic rings. The van der Waals surface area contributed by atoms with Crippen molar-refractivity contribution in [3.63, 3.8) is 0 Å². The zero-order chi connectivity index (χ0) is 14.8. The normalized spacial score (nSPS) is 13.8. The number of benzene rings is 2. The van der Waals surface area contributed by atoms with E-state index in [-0.39, 0.29) is 12.4 Å². The lowest BCUT2D eigenvalue weighted by Gasteiger charge is -2.31. The van der Waals surface area contributed by atoms with Gasteiger partial charge in [0.1, 0.15) is 11.6 Å². The maximum atomic E-state index is 13.9. The highest BCUT2D eigenvalue weighted by Gasteiger charge is 2.28. The third kappa shape index (κ3) is 2.96. The predicted molar refractivity (Wildman–Crippen MR) is 75.6 cm³/mol. The van der Waals surface area contributed by atoms with Gasteiger partial charge < -0.3 is 10.4 Å². The van der Waals surface area contributed by atoms with E-state index in [2.05, 4.69) is 5.32 Å². The zero-order valence-electron chi connectivity index (χ0n) is 11.5. The van der Waals surface area contributed by atoms with Crippen LogP contribution < -0.4 is 5.32 Å². The van der Waals surface area contributed by atoms with E-state index in [4.69, 9.17) is 0 Å². The predicted octanol–water partition coefficient (Wildman–Crippen LogP) is 3.59. The lowest BCUT2D eigenvalue weighted by Crippen LogP contribution is -2.36. The number of aliphatic hydroxyl groups excluding tert-OH is 1. The summed E-state index contributed by atoms with van der Waals surface area (Å²) in [4.78, 5) is 0. The monoisotopic (exact) mass is 277 g/mol. The highest BCUT2D eigenvalue weighted by atomic mass is 19.1. The van der Waals surface area contributed by atoms with Crippen LogP contribution in [0.15, 0.2) is 42.5 Å². The van der Waals surface area contributed by atoms with Gasteiger partial charge in [0, 0.05) is 11.3 Å². The molecule has 1 unspecified atom stereocenters. The van der Waals surface area contributed by atoms with Crippen LogP contribution in [0.3, 0.4) is 0 Å². The fourth-order valence-corrected chi connectivity index (χ4v) is 2.23. The molecule has 0 aliphatic carbocycles. The van der Waals surface area contributed by atoms with E-state index in [1.165, 1.54) is 18.2 Å². The van der Waals surface area contributed by atoms with Crippen LogP contribution >= 0.6 is 0 Å². The number of nitrogens with one attached hydrogen (secondary N) is 1. The summed E-state index contributed by atoms with van der Waals surface area (Å²) in [5.41, 5.74) is 0.569. The number of rotatable bonds is 4. The molecule has 0 radical (unpaired) electrons. The Labute approximate surface area is 117 Å². The summed E-state index contributed by atoms with van der Waals surface area (Å²) < 4.78 is 27.3. The summed E-state index contributed by atoms with van der Waals surface area (Å²) in [5.74, 6) is -0.786. The molecule has 2 nitrogen and oxygen atoms in total. The molecule has 0 aliphatic rings. The van der Waals surface area contributed by atoms with E-state index in [1.54, 1.807) is 38.1 Å². The number of aryl methyl sites for hydroxylation is 1. The van der Waals surface area contributed by atoms with Crippen LogP contribution in [0.4, 0.5) is 14.5 Å². The Morgan fingerprint density at radius 3 is 2.45 bits per heavy atom. The van der Waals surface area contributed by atoms with Gasteiger partial charge in [-0.15, -0.1) is 0 Å². The standard InChI is InChI=1S/C16H17F2NO/c1-11-7-12(17)9-13(8-11)19-16(2,10-20)14-5-3-4-6-15(14)18/h3-9,19-20H,10H2,1-2H3. The molecule has 0 heterocycles. The molecule has 0 aromatic heterocycles. The first-order valence-electron chi connectivity index (χ1n) is 6.36. The Kier molecular flexibility index (Phi) is 4.04. The molecule has 4 heteroatoms. The van der Waals surface area contributed by atoms with Crippen molar-refractivity contribution in [1.82, 2.24) is 0 Å². The Bertz CT molecular complexity index is 595. The van der Waals surface area contributed by atoms with Gasteiger partial charge >= 0.3 is 0 Å². The van der Waals surface area contributed by atoms with E-state index in [0.717, 1.165) is 5.56 Å². The summed E-state index contributed by atoms with van der Waals surface area (Å²) in [6.07, 6.45) is 0. The minimum absolute atomic E-state index is 0.316. The van der Waals surface area contributed by atoms with Crippen LogP contribution in [0.5, 0.6) is 0 Å². The quantitative estimate of drug-likeness (QED) is 0.895. The summed E-state index contributed by atoms with van der Waals surface area (Å²) >= 11 is 0. The van der Waals surface area contributed by atoms with Gasteiger partial charge in [-0.2, -0.15) is 0 Å². The SMILES string of the molecule is Cc1cc(F)cc(NC(C)(CO)c2ccccc2F)c1. The van der Waals surface area contributed by atoms with Crippen molar-refractivity contribution in [2.24, 2.45) is 0 Å². The molecule has 0 bridgehead atoms. The number of aliphatic hydroxyl groups is 1. The Morgan fingerprint density at radius 2 is 1.85 bits per heavy atom. The number of hydrogen-bond acceptors (Lipinski definition) is 2. The van der Waals surface area contributed by atoms with Crippen LogP contribution in [-0.4, -0.2) is 11.7 Å². The maximum Gasteiger partial charge on any atom is 0.128 e. The van der Waals surface area contributed by atoms with E-state index >= 15 is 0 Å². The Morgan fingerprint density at radius 1 is 1.15 bits per heavy atom. The van der Waals surface area contributed by atoms with E-state index in [1.807, 2.05) is 0 Å². The number of halogens is 2. The fourth-order valence-electron chi connectivity index (χ4n) is 2.23. The van der Waals surface area contributed by atoms with Gasteiger partial charge in [0.15, 0.2) is 0 Å². The molecule has 1 atom stereocenters. The second kappa shape index (κ2) is 5.59. The van der Waals surface area contributed by atoms with Crippen LogP contribution in [0.2, 0.25) is 0 Å². The third-order valence-corrected chi connectivity index (χ3v) is 3.25. The van der Waals surface area contributed by atoms with Crippen LogP contribution in [-0.2, 0) is 5.54 Å². The minimum atomic E-state index is -1.02. The first kappa shape index (κ1) is 14.5. The van der Waals surface area contributed by atoms with Crippen molar-refractivity contribution in [2.75, 3.05) is 11.9 Å². The Hall–Kier alpha value is -1.94. The van der Waals surface area contributed by atoms with Crippen LogP contribution in [0, 0.1) is 18.6 Å². The van der Waals surface area contributed by atoms with E-state index in [9.17, 15) is 13.9 Å². The van der Waals surface area contributed by atoms with E-state index < -0.39 is 11.4 Å². The first-order valence-corrected chi connectivity index (χ1v) is 6.36. The van der Waals surface area contributed by atoms with Gasteiger partial charge in [-0.05, 0) is 43.7 Å². The number of hydrogen-bond donors (Lipinski definition) is 2. The summed E-state index contributed by atoms with van der Waals surface area (Å²) in [6, 6.07) is 10.7. The van der Waals surface area contributed by atoms with Gasteiger partial charge in [0.05, 0.1) is 12.1 Å². The fraction of sp³-hybridized carbons (Fsp3) is 0.250. The lowest BCUT2D eigenvalue weighted by atomic mass is 9.92. The van der Waals surface area contributed by atoms with Crippen molar-refractivity contribution in [3.05, 3.63) is 65.2 Å². The molecule has 0 amide bonds. The van der Waals surface area contributed by atoms with Crippen LogP contribution in [0.25, 0.3) is 0 Å². The average molecular weight is 277 g/mol. The molecule has 2 N–H and O–H groups in total. The van der Waals surface area contributed by atoms with Crippen molar-refractivity contribution >= 4 is 5.69 Å². The second-order valence-electron chi connectivity index (χ2n) is 5.11. The third-order valence-electron chi connectivity index (χ3n) is 3.25. The van der Waals surface area contributed by atoms with Crippen LogP contribution in [0.1, 0.15) is 18.1 Å². The van der Waals surface area contributed by atoms with Crippen molar-refractivity contribution in [1.29, 1.82) is 0 Å². The molecule has 0 aliphatic heterocycles. The summed E-state index contributed by atoms with van der Waals surface area (Å²) in [5, 5.41) is 12.7. The van der Waals surface area contributed by atoms with Gasteiger partial charge in [0.25, 0.3) is 0 Å². The molecule has 2 rings (SSSR count). The van der Waals surface area contributed by atoms with Gasteiger partial charge in [-0.1, -0.05) is 18.2 Å². The van der Waals surface area contributed by atoms with Crippen molar-refractivity contribution in [3.8, 4) is 0 Å². The molecule has 0 spiro atoms. The summed E-state index contributed by atoms with van der Waals surface area (Å²) in [6.45, 7) is 3.13. The van der Waals surface area contributed by atoms with Gasteiger partial charge in [-0.3, -0.25) is 0 Å². The molecule has 0 saturated heterocycles. The lowest BCUT2D eigenvalue weighted by molar-refractivity contribution is 0.220. The molecule has 0 saturated carbocycles. The number of anilines is 1. The Balaban J connectivity index is 2.39.